The number of hydrogen-bond acceptors (Lipinski definition) is 6. The number of piperidine rings is 1. The number of alkyl halides is 3. The standard InChI is InChI=1S/C21H27F3N6O/c22-21(23,24)18(26)12-5-7-14(8-6-12)28-19-17-16(9-10-27-20(17)31)30(29-19)15-4-2-1-3-13(15)11-25/h5-8,13,15-19,28-29H,1-4,9-10,26H2,(H,27,31)/t13-,15+,16?,17?,18+,19?/m1/s1. The van der Waals surface area contributed by atoms with Crippen molar-refractivity contribution >= 4 is 11.6 Å². The van der Waals surface area contributed by atoms with Gasteiger partial charge in [-0.25, -0.2) is 10.4 Å². The van der Waals surface area contributed by atoms with Gasteiger partial charge >= 0.3 is 6.18 Å². The van der Waals surface area contributed by atoms with Crippen LogP contribution < -0.4 is 21.8 Å². The normalized spacial score (nSPS) is 32.6. The zero-order valence-electron chi connectivity index (χ0n) is 17.0. The lowest BCUT2D eigenvalue weighted by atomic mass is 9.83. The molecule has 1 aromatic carbocycles. The van der Waals surface area contributed by atoms with E-state index < -0.39 is 18.4 Å². The summed E-state index contributed by atoms with van der Waals surface area (Å²) in [5, 5.41) is 17.9. The number of anilines is 1. The zero-order chi connectivity index (χ0) is 22.2. The minimum Gasteiger partial charge on any atom is -0.368 e. The van der Waals surface area contributed by atoms with Crippen molar-refractivity contribution in [3.63, 3.8) is 0 Å². The van der Waals surface area contributed by atoms with E-state index in [-0.39, 0.29) is 35.4 Å². The number of hydrazine groups is 1. The van der Waals surface area contributed by atoms with Crippen LogP contribution >= 0.6 is 0 Å². The van der Waals surface area contributed by atoms with Crippen LogP contribution in [0.1, 0.15) is 43.7 Å². The summed E-state index contributed by atoms with van der Waals surface area (Å²) in [6.45, 7) is 0.582. The quantitative estimate of drug-likeness (QED) is 0.578. The average molecular weight is 436 g/mol. The van der Waals surface area contributed by atoms with Crippen molar-refractivity contribution in [1.29, 1.82) is 5.26 Å². The van der Waals surface area contributed by atoms with Crippen molar-refractivity contribution in [3.05, 3.63) is 29.8 Å². The topological polar surface area (TPSA) is 106 Å². The van der Waals surface area contributed by atoms with Gasteiger partial charge in [0.15, 0.2) is 0 Å². The number of rotatable bonds is 4. The Bertz CT molecular complexity index is 839. The van der Waals surface area contributed by atoms with Gasteiger partial charge in [-0.05, 0) is 37.0 Å². The van der Waals surface area contributed by atoms with Gasteiger partial charge in [0.1, 0.15) is 12.2 Å². The third-order valence-corrected chi connectivity index (χ3v) is 6.66. The van der Waals surface area contributed by atoms with Crippen LogP contribution in [0.3, 0.4) is 0 Å². The first-order valence-corrected chi connectivity index (χ1v) is 10.7. The Labute approximate surface area is 179 Å². The van der Waals surface area contributed by atoms with Crippen LogP contribution in [0.15, 0.2) is 24.3 Å². The van der Waals surface area contributed by atoms with Crippen LogP contribution in [0.25, 0.3) is 0 Å². The van der Waals surface area contributed by atoms with Crippen molar-refractivity contribution in [2.24, 2.45) is 17.6 Å². The maximum absolute atomic E-state index is 12.8. The number of nitrogens with zero attached hydrogens (tertiary/aromatic N) is 2. The fourth-order valence-electron chi connectivity index (χ4n) is 5.05. The van der Waals surface area contributed by atoms with Gasteiger partial charge in [0.05, 0.1) is 17.9 Å². The molecule has 3 unspecified atom stereocenters. The molecule has 0 radical (unpaired) electrons. The predicted molar refractivity (Wildman–Crippen MR) is 108 cm³/mol. The van der Waals surface area contributed by atoms with Gasteiger partial charge < -0.3 is 16.4 Å². The Balaban J connectivity index is 1.52. The van der Waals surface area contributed by atoms with Crippen LogP contribution in [0.4, 0.5) is 18.9 Å². The molecule has 2 saturated heterocycles. The van der Waals surface area contributed by atoms with Gasteiger partial charge in [-0.15, -0.1) is 0 Å². The third-order valence-electron chi connectivity index (χ3n) is 6.66. The summed E-state index contributed by atoms with van der Waals surface area (Å²) in [4.78, 5) is 12.7. The highest BCUT2D eigenvalue weighted by Crippen LogP contribution is 2.37. The highest BCUT2D eigenvalue weighted by Gasteiger charge is 2.51. The third kappa shape index (κ3) is 4.35. The molecular weight excluding hydrogens is 409 g/mol. The number of fused-ring (bicyclic) bond motifs is 1. The van der Waals surface area contributed by atoms with E-state index in [1.165, 1.54) is 12.1 Å². The van der Waals surface area contributed by atoms with E-state index in [2.05, 4.69) is 27.1 Å². The van der Waals surface area contributed by atoms with Gasteiger partial charge in [-0.3, -0.25) is 4.79 Å². The number of nitriles is 1. The molecule has 5 N–H and O–H groups in total. The molecule has 2 heterocycles. The molecule has 168 valence electrons. The Hall–Kier alpha value is -2.35. The van der Waals surface area contributed by atoms with Crippen LogP contribution in [0.2, 0.25) is 0 Å². The van der Waals surface area contributed by atoms with E-state index in [1.807, 2.05) is 0 Å². The number of halogens is 3. The number of carbonyl (C=O) groups is 1. The lowest BCUT2D eigenvalue weighted by Crippen LogP contribution is -2.54. The molecule has 31 heavy (non-hydrogen) atoms. The van der Waals surface area contributed by atoms with Gasteiger partial charge in [0.2, 0.25) is 5.91 Å². The van der Waals surface area contributed by atoms with Gasteiger partial charge in [0.25, 0.3) is 0 Å². The van der Waals surface area contributed by atoms with Crippen LogP contribution in [0, 0.1) is 23.2 Å². The van der Waals surface area contributed by atoms with E-state index >= 15 is 0 Å². The fourth-order valence-corrected chi connectivity index (χ4v) is 5.05. The monoisotopic (exact) mass is 436 g/mol. The fraction of sp³-hybridized carbons (Fsp3) is 0.619. The van der Waals surface area contributed by atoms with Crippen molar-refractivity contribution < 1.29 is 18.0 Å². The summed E-state index contributed by atoms with van der Waals surface area (Å²) >= 11 is 0. The molecule has 4 rings (SSSR count). The first-order chi connectivity index (χ1) is 14.8. The van der Waals surface area contributed by atoms with E-state index in [4.69, 9.17) is 5.73 Å². The second-order valence-corrected chi connectivity index (χ2v) is 8.56. The van der Waals surface area contributed by atoms with E-state index in [1.54, 1.807) is 12.1 Å². The number of benzene rings is 1. The lowest BCUT2D eigenvalue weighted by Gasteiger charge is -2.39. The Morgan fingerprint density at radius 3 is 2.55 bits per heavy atom. The molecule has 7 nitrogen and oxygen atoms in total. The second kappa shape index (κ2) is 8.65. The maximum Gasteiger partial charge on any atom is 0.407 e. The molecule has 0 bridgehead atoms. The Morgan fingerprint density at radius 1 is 1.16 bits per heavy atom. The van der Waals surface area contributed by atoms with E-state index in [0.29, 0.717) is 12.2 Å². The summed E-state index contributed by atoms with van der Waals surface area (Å²) in [6.07, 6.45) is -0.333. The molecule has 0 spiro atoms. The zero-order valence-corrected chi connectivity index (χ0v) is 17.0. The molecule has 2 aliphatic heterocycles. The average Bonchev–Trinajstić information content (AvgIpc) is 3.12. The highest BCUT2D eigenvalue weighted by atomic mass is 19.4. The molecule has 10 heteroatoms. The number of carbonyl (C=O) groups excluding carboxylic acids is 1. The van der Waals surface area contributed by atoms with Crippen molar-refractivity contribution in [3.8, 4) is 6.07 Å². The molecule has 6 atom stereocenters. The number of nitrogens with two attached hydrogens (primary N) is 1. The first-order valence-electron chi connectivity index (χ1n) is 10.7. The molecule has 1 aliphatic carbocycles. The summed E-state index contributed by atoms with van der Waals surface area (Å²) in [5.41, 5.74) is 9.26. The van der Waals surface area contributed by atoms with Gasteiger partial charge in [-0.2, -0.15) is 18.4 Å². The summed E-state index contributed by atoms with van der Waals surface area (Å²) in [7, 11) is 0. The largest absolute Gasteiger partial charge is 0.407 e. The number of amides is 1. The van der Waals surface area contributed by atoms with E-state index in [0.717, 1.165) is 32.1 Å². The first kappa shape index (κ1) is 21.9. The second-order valence-electron chi connectivity index (χ2n) is 8.56. The summed E-state index contributed by atoms with van der Waals surface area (Å²) < 4.78 is 38.5. The molecule has 1 amide bonds. The summed E-state index contributed by atoms with van der Waals surface area (Å²) in [6, 6.07) is 6.16. The van der Waals surface area contributed by atoms with E-state index in [9.17, 15) is 23.2 Å². The molecule has 1 saturated carbocycles. The minimum absolute atomic E-state index is 0.0218. The van der Waals surface area contributed by atoms with Crippen LogP contribution in [-0.4, -0.2) is 41.9 Å². The maximum atomic E-state index is 12.8. The molecule has 3 aliphatic rings. The number of nitrogens with one attached hydrogen (secondary N) is 3. The Kier molecular flexibility index (Phi) is 6.10. The molecule has 0 aromatic heterocycles. The van der Waals surface area contributed by atoms with Crippen molar-refractivity contribution in [2.45, 2.75) is 62.6 Å². The van der Waals surface area contributed by atoms with Crippen molar-refractivity contribution in [1.82, 2.24) is 15.8 Å². The Morgan fingerprint density at radius 2 is 1.87 bits per heavy atom. The lowest BCUT2D eigenvalue weighted by molar-refractivity contribution is -0.149. The summed E-state index contributed by atoms with van der Waals surface area (Å²) in [5.74, 6) is -0.523. The molecule has 3 fully saturated rings. The SMILES string of the molecule is N#C[C@H]1CCCC[C@@H]1N1NC(Nc2ccc([C@H](N)C(F)(F)F)cc2)C2C(=O)NCCC21. The van der Waals surface area contributed by atoms with Crippen LogP contribution in [0.5, 0.6) is 0 Å². The molecular formula is C21H27F3N6O. The minimum atomic E-state index is -4.51. The predicted octanol–water partition coefficient (Wildman–Crippen LogP) is 2.39. The number of hydrogen-bond donors (Lipinski definition) is 4. The van der Waals surface area contributed by atoms with Crippen molar-refractivity contribution in [2.75, 3.05) is 11.9 Å². The smallest absolute Gasteiger partial charge is 0.368 e. The van der Waals surface area contributed by atoms with Gasteiger partial charge in [-0.1, -0.05) is 25.0 Å². The highest BCUT2D eigenvalue weighted by molar-refractivity contribution is 5.82. The molecule has 1 aromatic rings. The van der Waals surface area contributed by atoms with Gasteiger partial charge in [0, 0.05) is 24.3 Å². The van der Waals surface area contributed by atoms with Crippen LogP contribution in [-0.2, 0) is 4.79 Å².